The van der Waals surface area contributed by atoms with Crippen LogP contribution in [0.5, 0.6) is 11.5 Å². The number of hydrogen-bond donors (Lipinski definition) is 6. The van der Waals surface area contributed by atoms with Crippen molar-refractivity contribution in [1.29, 1.82) is 0 Å². The first-order chi connectivity index (χ1) is 21.5. The summed E-state index contributed by atoms with van der Waals surface area (Å²) in [4.78, 5) is 56.9. The van der Waals surface area contributed by atoms with E-state index in [0.717, 1.165) is 42.6 Å². The number of likely N-dealkylation sites (N-methyl/N-ethyl adjacent to an activating group) is 1. The number of phenolic OH excluding ortho intramolecular Hbond substituents is 2. The Kier molecular flexibility index (Phi) is 7.99. The Morgan fingerprint density at radius 3 is 2.56 bits per heavy atom. The van der Waals surface area contributed by atoms with Gasteiger partial charge in [0.15, 0.2) is 28.6 Å². The number of piperidine rings is 1. The molecule has 6 atom stereocenters. The van der Waals surface area contributed by atoms with Gasteiger partial charge in [-0.1, -0.05) is 5.16 Å². The summed E-state index contributed by atoms with van der Waals surface area (Å²) in [5.41, 5.74) is 7.20. The highest BCUT2D eigenvalue weighted by atomic mass is 32.2. The minimum absolute atomic E-state index is 0.0596. The Bertz CT molecular complexity index is 1640. The van der Waals surface area contributed by atoms with E-state index in [0.29, 0.717) is 39.9 Å². The van der Waals surface area contributed by atoms with Crippen LogP contribution in [-0.4, -0.2) is 108 Å². The predicted molar refractivity (Wildman–Crippen MR) is 166 cm³/mol. The van der Waals surface area contributed by atoms with Crippen molar-refractivity contribution < 1.29 is 39.1 Å². The first-order valence-corrected chi connectivity index (χ1v) is 16.4. The molecule has 7 N–H and O–H groups in total. The Morgan fingerprint density at radius 1 is 1.22 bits per heavy atom. The van der Waals surface area contributed by atoms with E-state index < -0.39 is 23.2 Å². The maximum Gasteiger partial charge on any atom is 0.276 e. The molecule has 4 aliphatic rings. The highest BCUT2D eigenvalue weighted by Gasteiger charge is 2.56. The lowest BCUT2D eigenvalue weighted by molar-refractivity contribution is -0.944. The zero-order valence-corrected chi connectivity index (χ0v) is 26.2. The Morgan fingerprint density at radius 2 is 1.93 bits per heavy atom. The monoisotopic (exact) mass is 656 g/mol. The average molecular weight is 657 g/mol. The molecule has 5 heterocycles. The van der Waals surface area contributed by atoms with Crippen LogP contribution in [0, 0.1) is 6.92 Å². The van der Waals surface area contributed by atoms with Gasteiger partial charge in [0.1, 0.15) is 23.7 Å². The summed E-state index contributed by atoms with van der Waals surface area (Å²) in [7, 11) is 2.18. The predicted octanol–water partition coefficient (Wildman–Crippen LogP) is 1.05. The SMILES string of the molecule is Cc1c(C(=O)N[C@H]2C[C@H]3CC[C@@H](C2)[N+]3(C)CC2=C(C=O)N3C(=O)[C@@H](NC(=O)/C(=N\O)c4csc(N)n4)[C@H]3SC2)ccc(O)c1O. The summed E-state index contributed by atoms with van der Waals surface area (Å²) < 4.78 is 0.707. The number of hydrogen-bond acceptors (Lipinski definition) is 12. The number of nitrogens with zero attached hydrogens (tertiary/aromatic N) is 4. The maximum absolute atomic E-state index is 13.2. The lowest BCUT2D eigenvalue weighted by Gasteiger charge is -2.52. The summed E-state index contributed by atoms with van der Waals surface area (Å²) in [5.74, 6) is -1.55. The number of amides is 3. The number of thioether (sulfide) groups is 1. The molecule has 14 nitrogen and oxygen atoms in total. The van der Waals surface area contributed by atoms with Gasteiger partial charge in [0.05, 0.1) is 24.8 Å². The number of carbonyl (C=O) groups is 4. The van der Waals surface area contributed by atoms with Crippen molar-refractivity contribution in [2.24, 2.45) is 5.16 Å². The van der Waals surface area contributed by atoms with Crippen molar-refractivity contribution in [3.63, 3.8) is 0 Å². The zero-order valence-electron chi connectivity index (χ0n) is 24.6. The van der Waals surface area contributed by atoms with Gasteiger partial charge in [0.25, 0.3) is 17.7 Å². The number of phenols is 2. The number of nitrogens with one attached hydrogen (secondary N) is 2. The molecule has 3 fully saturated rings. The van der Waals surface area contributed by atoms with E-state index in [1.54, 1.807) is 6.92 Å². The second-order valence-electron chi connectivity index (χ2n) is 12.1. The largest absolute Gasteiger partial charge is 0.504 e. The van der Waals surface area contributed by atoms with Gasteiger partial charge in [0.2, 0.25) is 0 Å². The molecule has 4 aliphatic heterocycles. The van der Waals surface area contributed by atoms with E-state index in [2.05, 4.69) is 27.8 Å². The molecular formula is C29H34N7O7S2+. The van der Waals surface area contributed by atoms with Gasteiger partial charge in [-0.15, -0.1) is 23.1 Å². The molecule has 16 heteroatoms. The van der Waals surface area contributed by atoms with Crippen LogP contribution in [0.25, 0.3) is 0 Å². The number of aromatic hydroxyl groups is 2. The Labute approximate surface area is 266 Å². The fraction of sp³-hybridized carbons (Fsp3) is 0.448. The van der Waals surface area contributed by atoms with E-state index in [1.807, 2.05) is 0 Å². The fourth-order valence-electron chi connectivity index (χ4n) is 7.27. The van der Waals surface area contributed by atoms with E-state index in [1.165, 1.54) is 34.2 Å². The second-order valence-corrected chi connectivity index (χ2v) is 14.1. The molecule has 0 aliphatic carbocycles. The van der Waals surface area contributed by atoms with Crippen molar-refractivity contribution in [1.82, 2.24) is 20.5 Å². The molecule has 45 heavy (non-hydrogen) atoms. The molecule has 1 unspecified atom stereocenters. The third-order valence-corrected chi connectivity index (χ3v) is 11.7. The number of carbonyl (C=O) groups excluding carboxylic acids is 4. The topological polar surface area (TPSA) is 208 Å². The number of quaternary nitrogens is 1. The maximum atomic E-state index is 13.2. The molecule has 1 aromatic heterocycles. The second kappa shape index (κ2) is 11.7. The number of rotatable bonds is 8. The Balaban J connectivity index is 1.12. The third kappa shape index (κ3) is 5.19. The molecule has 2 bridgehead atoms. The highest BCUT2D eigenvalue weighted by Crippen LogP contribution is 2.45. The highest BCUT2D eigenvalue weighted by molar-refractivity contribution is 8.00. The molecule has 2 aromatic rings. The smallest absolute Gasteiger partial charge is 0.276 e. The number of nitrogen functional groups attached to an aromatic ring is 1. The quantitative estimate of drug-likeness (QED) is 0.0453. The van der Waals surface area contributed by atoms with E-state index in [4.69, 9.17) is 5.73 Å². The summed E-state index contributed by atoms with van der Waals surface area (Å²) in [5, 5.41) is 39.2. The average Bonchev–Trinajstić information content (AvgIpc) is 3.47. The number of fused-ring (bicyclic) bond motifs is 3. The van der Waals surface area contributed by atoms with Crippen molar-refractivity contribution in [3.05, 3.63) is 45.6 Å². The summed E-state index contributed by atoms with van der Waals surface area (Å²) in [6, 6.07) is 2.33. The van der Waals surface area contributed by atoms with Crippen LogP contribution in [-0.2, 0) is 14.4 Å². The van der Waals surface area contributed by atoms with Crippen LogP contribution in [0.1, 0.15) is 47.3 Å². The van der Waals surface area contributed by atoms with Gasteiger partial charge < -0.3 is 36.3 Å². The first kappa shape index (κ1) is 30.9. The fourth-order valence-corrected chi connectivity index (χ4v) is 9.17. The van der Waals surface area contributed by atoms with Gasteiger partial charge in [-0.3, -0.25) is 24.1 Å². The van der Waals surface area contributed by atoms with Crippen molar-refractivity contribution in [3.8, 4) is 11.5 Å². The minimum Gasteiger partial charge on any atom is -0.504 e. The number of allylic oxidation sites excluding steroid dienone is 1. The lowest BCUT2D eigenvalue weighted by atomic mass is 9.92. The molecule has 6 rings (SSSR count). The van der Waals surface area contributed by atoms with Crippen LogP contribution >= 0.6 is 23.1 Å². The molecular weight excluding hydrogens is 622 g/mol. The Hall–Kier alpha value is -4.15. The van der Waals surface area contributed by atoms with Gasteiger partial charge >= 0.3 is 0 Å². The summed E-state index contributed by atoms with van der Waals surface area (Å²) in [6.45, 7) is 2.18. The lowest BCUT2D eigenvalue weighted by Crippen LogP contribution is -2.71. The molecule has 0 spiro atoms. The van der Waals surface area contributed by atoms with Gasteiger partial charge in [-0.05, 0) is 19.1 Å². The van der Waals surface area contributed by atoms with Gasteiger partial charge in [-0.25, -0.2) is 4.98 Å². The molecule has 0 saturated carbocycles. The van der Waals surface area contributed by atoms with Crippen molar-refractivity contribution in [2.75, 3.05) is 25.1 Å². The van der Waals surface area contributed by atoms with Gasteiger partial charge in [0, 0.05) is 59.6 Å². The number of benzene rings is 1. The number of anilines is 1. The van der Waals surface area contributed by atoms with Gasteiger partial charge in [-0.2, -0.15) is 0 Å². The number of aromatic nitrogens is 1. The molecule has 0 radical (unpaired) electrons. The third-order valence-electron chi connectivity index (χ3n) is 9.71. The normalized spacial score (nSPS) is 29.2. The van der Waals surface area contributed by atoms with Crippen molar-refractivity contribution >= 4 is 57.9 Å². The van der Waals surface area contributed by atoms with Crippen LogP contribution in [0.4, 0.5) is 5.13 Å². The molecule has 3 amide bonds. The molecule has 3 saturated heterocycles. The standard InChI is InChI=1S/C29H33N7O7S2/c1-13-18(5-6-21(38)24(13)39)25(40)31-15-7-16-3-4-17(8-15)36(16,2)9-14-11-44-28-23(27(42)35(28)20(14)10-37)33-26(41)22(34-43)19-12-45-29(30)32-19/h5-6,10,12,15-17,23,28H,3-4,7-9,11H2,1-2H3,(H6-,30,31,32,33,34,38,39,40,41,43)/p+1/t15-,16+,17-,23-,28-,36?/m1/s1. The number of thiazole rings is 1. The summed E-state index contributed by atoms with van der Waals surface area (Å²) >= 11 is 2.55. The van der Waals surface area contributed by atoms with Crippen LogP contribution in [0.2, 0.25) is 0 Å². The molecule has 1 aromatic carbocycles. The minimum atomic E-state index is -0.897. The van der Waals surface area contributed by atoms with Crippen LogP contribution in [0.3, 0.4) is 0 Å². The van der Waals surface area contributed by atoms with E-state index in [9.17, 15) is 34.6 Å². The number of oxime groups is 1. The van der Waals surface area contributed by atoms with E-state index in [-0.39, 0.29) is 52.1 Å². The zero-order chi connectivity index (χ0) is 32.2. The van der Waals surface area contributed by atoms with E-state index >= 15 is 0 Å². The van der Waals surface area contributed by atoms with Crippen LogP contribution < -0.4 is 16.4 Å². The van der Waals surface area contributed by atoms with Crippen LogP contribution in [0.15, 0.2) is 33.9 Å². The number of aldehydes is 1. The van der Waals surface area contributed by atoms with Crippen molar-refractivity contribution in [2.45, 2.75) is 62.1 Å². The first-order valence-electron chi connectivity index (χ1n) is 14.5. The number of β-lactam (4-membered cyclic amide) rings is 1. The molecule has 238 valence electrons. The summed E-state index contributed by atoms with van der Waals surface area (Å²) in [6.07, 6.45) is 4.16. The number of nitrogens with two attached hydrogens (primary N) is 1.